The van der Waals surface area contributed by atoms with Crippen molar-refractivity contribution in [2.45, 2.75) is 32.4 Å². The van der Waals surface area contributed by atoms with E-state index in [0.717, 1.165) is 17.9 Å². The fourth-order valence-corrected chi connectivity index (χ4v) is 1.88. The van der Waals surface area contributed by atoms with E-state index in [1.165, 1.54) is 25.1 Å². The third-order valence-electron chi connectivity index (χ3n) is 3.03. The molecule has 0 atom stereocenters. The van der Waals surface area contributed by atoms with Gasteiger partial charge in [0.1, 0.15) is 11.6 Å². The van der Waals surface area contributed by atoms with Gasteiger partial charge in [-0.05, 0) is 25.8 Å². The van der Waals surface area contributed by atoms with Crippen molar-refractivity contribution in [3.8, 4) is 12.3 Å². The maximum atomic E-state index is 13.3. The van der Waals surface area contributed by atoms with Crippen molar-refractivity contribution in [1.82, 2.24) is 10.3 Å². The lowest BCUT2D eigenvalue weighted by Crippen LogP contribution is -2.27. The van der Waals surface area contributed by atoms with E-state index in [0.29, 0.717) is 19.1 Å². The summed E-state index contributed by atoms with van der Waals surface area (Å²) in [6.45, 7) is 3.91. The maximum absolute atomic E-state index is 13.3. The van der Waals surface area contributed by atoms with Crippen molar-refractivity contribution in [1.29, 1.82) is 0 Å². The van der Waals surface area contributed by atoms with E-state index in [2.05, 4.69) is 16.2 Å². The van der Waals surface area contributed by atoms with Crippen LogP contribution in [0.5, 0.6) is 0 Å². The minimum absolute atomic E-state index is 0.303. The minimum atomic E-state index is -0.303. The molecule has 0 unspecified atom stereocenters. The van der Waals surface area contributed by atoms with Gasteiger partial charge in [-0.25, -0.2) is 9.37 Å². The van der Waals surface area contributed by atoms with Crippen molar-refractivity contribution in [2.24, 2.45) is 0 Å². The highest BCUT2D eigenvalue weighted by molar-refractivity contribution is 5.48. The minimum Gasteiger partial charge on any atom is -0.345 e. The van der Waals surface area contributed by atoms with Gasteiger partial charge in [-0.3, -0.25) is 0 Å². The second-order valence-corrected chi connectivity index (χ2v) is 4.51. The molecule has 0 saturated heterocycles. The van der Waals surface area contributed by atoms with E-state index < -0.39 is 0 Å². The quantitative estimate of drug-likeness (QED) is 0.779. The first kappa shape index (κ1) is 12.8. The van der Waals surface area contributed by atoms with Crippen molar-refractivity contribution < 1.29 is 4.39 Å². The topological polar surface area (TPSA) is 28.2 Å². The third kappa shape index (κ3) is 3.21. The summed E-state index contributed by atoms with van der Waals surface area (Å²) < 4.78 is 13.3. The van der Waals surface area contributed by atoms with Crippen LogP contribution in [-0.2, 0) is 6.54 Å². The SMILES string of the molecule is C#CCN(CC)c1ncc(F)cc1CNC1CC1. The lowest BCUT2D eigenvalue weighted by Gasteiger charge is -2.22. The van der Waals surface area contributed by atoms with Gasteiger partial charge in [-0.2, -0.15) is 0 Å². The lowest BCUT2D eigenvalue weighted by atomic mass is 10.2. The Bertz CT molecular complexity index is 449. The second kappa shape index (κ2) is 5.83. The van der Waals surface area contributed by atoms with Crippen LogP contribution in [0.25, 0.3) is 0 Å². The Hall–Kier alpha value is -1.60. The Morgan fingerprint density at radius 3 is 3.00 bits per heavy atom. The largest absolute Gasteiger partial charge is 0.345 e. The van der Waals surface area contributed by atoms with Gasteiger partial charge in [0.25, 0.3) is 0 Å². The summed E-state index contributed by atoms with van der Waals surface area (Å²) in [5.74, 6) is 3.09. The zero-order chi connectivity index (χ0) is 13.0. The van der Waals surface area contributed by atoms with E-state index in [1.807, 2.05) is 11.8 Å². The highest BCUT2D eigenvalue weighted by Gasteiger charge is 2.21. The van der Waals surface area contributed by atoms with Crippen LogP contribution in [0.1, 0.15) is 25.3 Å². The molecule has 4 heteroatoms. The molecule has 1 saturated carbocycles. The molecule has 1 fully saturated rings. The molecule has 0 radical (unpaired) electrons. The molecule has 1 N–H and O–H groups in total. The van der Waals surface area contributed by atoms with Crippen LogP contribution < -0.4 is 10.2 Å². The zero-order valence-electron chi connectivity index (χ0n) is 10.6. The van der Waals surface area contributed by atoms with Crippen molar-refractivity contribution in [3.63, 3.8) is 0 Å². The number of hydrogen-bond acceptors (Lipinski definition) is 3. The molecule has 0 amide bonds. The van der Waals surface area contributed by atoms with E-state index in [4.69, 9.17) is 6.42 Å². The first-order valence-corrected chi connectivity index (χ1v) is 6.30. The first-order valence-electron chi connectivity index (χ1n) is 6.30. The monoisotopic (exact) mass is 247 g/mol. The van der Waals surface area contributed by atoms with Gasteiger partial charge in [-0.1, -0.05) is 5.92 Å². The van der Waals surface area contributed by atoms with Crippen LogP contribution >= 0.6 is 0 Å². The maximum Gasteiger partial charge on any atom is 0.141 e. The van der Waals surface area contributed by atoms with Crippen molar-refractivity contribution in [3.05, 3.63) is 23.6 Å². The zero-order valence-corrected chi connectivity index (χ0v) is 10.6. The smallest absolute Gasteiger partial charge is 0.141 e. The van der Waals surface area contributed by atoms with E-state index in [1.54, 1.807) is 0 Å². The number of hydrogen-bond donors (Lipinski definition) is 1. The molecule has 1 aliphatic carbocycles. The third-order valence-corrected chi connectivity index (χ3v) is 3.03. The fraction of sp³-hybridized carbons (Fsp3) is 0.500. The Labute approximate surface area is 107 Å². The molecule has 0 aliphatic heterocycles. The normalized spacial score (nSPS) is 14.3. The van der Waals surface area contributed by atoms with Gasteiger partial charge < -0.3 is 10.2 Å². The van der Waals surface area contributed by atoms with Gasteiger partial charge in [0.2, 0.25) is 0 Å². The molecule has 1 aliphatic rings. The average Bonchev–Trinajstić information content (AvgIpc) is 3.18. The predicted octanol–water partition coefficient (Wildman–Crippen LogP) is 1.93. The van der Waals surface area contributed by atoms with Crippen LogP contribution in [0, 0.1) is 18.2 Å². The highest BCUT2D eigenvalue weighted by Crippen LogP contribution is 2.22. The molecule has 1 aromatic heterocycles. The number of pyridine rings is 1. The van der Waals surface area contributed by atoms with Crippen LogP contribution in [0.3, 0.4) is 0 Å². The molecule has 2 rings (SSSR count). The van der Waals surface area contributed by atoms with E-state index in [9.17, 15) is 4.39 Å². The number of anilines is 1. The molecule has 96 valence electrons. The Morgan fingerprint density at radius 1 is 1.61 bits per heavy atom. The highest BCUT2D eigenvalue weighted by atomic mass is 19.1. The van der Waals surface area contributed by atoms with Gasteiger partial charge in [0, 0.05) is 24.7 Å². The van der Waals surface area contributed by atoms with Crippen molar-refractivity contribution >= 4 is 5.82 Å². The van der Waals surface area contributed by atoms with Gasteiger partial charge in [0.05, 0.1) is 12.7 Å². The molecular weight excluding hydrogens is 229 g/mol. The molecule has 1 aromatic rings. The Balaban J connectivity index is 2.17. The van der Waals surface area contributed by atoms with E-state index in [-0.39, 0.29) is 5.82 Å². The molecule has 18 heavy (non-hydrogen) atoms. The van der Waals surface area contributed by atoms with Crippen molar-refractivity contribution in [2.75, 3.05) is 18.0 Å². The number of aromatic nitrogens is 1. The number of rotatable bonds is 6. The lowest BCUT2D eigenvalue weighted by molar-refractivity contribution is 0.610. The number of nitrogens with zero attached hydrogens (tertiary/aromatic N) is 2. The Kier molecular flexibility index (Phi) is 4.16. The number of halogens is 1. The number of nitrogens with one attached hydrogen (secondary N) is 1. The van der Waals surface area contributed by atoms with Crippen LogP contribution in [0.15, 0.2) is 12.3 Å². The first-order chi connectivity index (χ1) is 8.74. The summed E-state index contributed by atoms with van der Waals surface area (Å²) in [5, 5.41) is 3.38. The molecule has 1 heterocycles. The molecule has 0 spiro atoms. The molecule has 0 aromatic carbocycles. The average molecular weight is 247 g/mol. The summed E-state index contributed by atoms with van der Waals surface area (Å²) in [7, 11) is 0. The van der Waals surface area contributed by atoms with Crippen LogP contribution in [-0.4, -0.2) is 24.1 Å². The van der Waals surface area contributed by atoms with Gasteiger partial charge in [-0.15, -0.1) is 6.42 Å². The summed E-state index contributed by atoms with van der Waals surface area (Å²) in [5.41, 5.74) is 0.874. The Morgan fingerprint density at radius 2 is 2.39 bits per heavy atom. The summed E-state index contributed by atoms with van der Waals surface area (Å²) in [6, 6.07) is 2.13. The second-order valence-electron chi connectivity index (χ2n) is 4.51. The number of terminal acetylenes is 1. The predicted molar refractivity (Wildman–Crippen MR) is 70.8 cm³/mol. The van der Waals surface area contributed by atoms with Gasteiger partial charge >= 0.3 is 0 Å². The van der Waals surface area contributed by atoms with Crippen LogP contribution in [0.2, 0.25) is 0 Å². The standard InChI is InChI=1S/C14H18FN3/c1-3-7-18(4-2)14-11(8-12(15)10-17-14)9-16-13-5-6-13/h1,8,10,13,16H,4-7,9H2,2H3. The fourth-order valence-electron chi connectivity index (χ4n) is 1.88. The molecular formula is C14H18FN3. The van der Waals surface area contributed by atoms with Crippen LogP contribution in [0.4, 0.5) is 10.2 Å². The van der Waals surface area contributed by atoms with Gasteiger partial charge in [0.15, 0.2) is 0 Å². The summed E-state index contributed by atoms with van der Waals surface area (Å²) >= 11 is 0. The molecule has 0 bridgehead atoms. The molecule has 3 nitrogen and oxygen atoms in total. The summed E-state index contributed by atoms with van der Waals surface area (Å²) in [6.07, 6.45) is 9.01. The summed E-state index contributed by atoms with van der Waals surface area (Å²) in [4.78, 5) is 6.16. The van der Waals surface area contributed by atoms with E-state index >= 15 is 0 Å².